The Morgan fingerprint density at radius 2 is 2.00 bits per heavy atom. The predicted octanol–water partition coefficient (Wildman–Crippen LogP) is 4.09. The maximum absolute atomic E-state index is 13.0. The molecule has 0 amide bonds. The standard InChI is InChI=1S/C14H16BrFN2S/c1-9-12(15)7-14(19-9)13(8-17)18(2)11-5-3-10(16)4-6-11/h3-7,13H,8,17H2,1-2H3. The number of hydrogen-bond acceptors (Lipinski definition) is 3. The number of likely N-dealkylation sites (N-methyl/N-ethyl adjacent to an activating group) is 1. The number of rotatable bonds is 4. The van der Waals surface area contributed by atoms with Gasteiger partial charge >= 0.3 is 0 Å². The summed E-state index contributed by atoms with van der Waals surface area (Å²) in [4.78, 5) is 4.52. The minimum atomic E-state index is -0.226. The molecule has 2 aromatic rings. The summed E-state index contributed by atoms with van der Waals surface area (Å²) in [5, 5.41) is 0. The fraction of sp³-hybridized carbons (Fsp3) is 0.286. The van der Waals surface area contributed by atoms with Crippen LogP contribution in [0.3, 0.4) is 0 Å². The first-order valence-corrected chi connectivity index (χ1v) is 7.58. The molecule has 0 radical (unpaired) electrons. The van der Waals surface area contributed by atoms with Crippen LogP contribution in [0.5, 0.6) is 0 Å². The Morgan fingerprint density at radius 3 is 2.47 bits per heavy atom. The van der Waals surface area contributed by atoms with Crippen molar-refractivity contribution >= 4 is 33.0 Å². The second-order valence-corrected chi connectivity index (χ2v) is 6.53. The van der Waals surface area contributed by atoms with E-state index < -0.39 is 0 Å². The number of nitrogens with zero attached hydrogens (tertiary/aromatic N) is 1. The van der Waals surface area contributed by atoms with Gasteiger partial charge in [0, 0.05) is 33.5 Å². The van der Waals surface area contributed by atoms with E-state index in [0.717, 1.165) is 10.2 Å². The van der Waals surface area contributed by atoms with Crippen LogP contribution in [-0.4, -0.2) is 13.6 Å². The van der Waals surface area contributed by atoms with E-state index in [-0.39, 0.29) is 11.9 Å². The summed E-state index contributed by atoms with van der Waals surface area (Å²) in [6.45, 7) is 2.59. The molecule has 0 bridgehead atoms. The molecule has 1 atom stereocenters. The van der Waals surface area contributed by atoms with E-state index in [9.17, 15) is 4.39 Å². The SMILES string of the molecule is Cc1sc(C(CN)N(C)c2ccc(F)cc2)cc1Br. The predicted molar refractivity (Wildman–Crippen MR) is 83.4 cm³/mol. The molecule has 0 aliphatic heterocycles. The van der Waals surface area contributed by atoms with E-state index in [0.29, 0.717) is 6.54 Å². The normalized spacial score (nSPS) is 12.5. The number of aryl methyl sites for hydroxylation is 1. The minimum absolute atomic E-state index is 0.0976. The Bertz CT molecular complexity index is 534. The highest BCUT2D eigenvalue weighted by molar-refractivity contribution is 9.10. The largest absolute Gasteiger partial charge is 0.365 e. The minimum Gasteiger partial charge on any atom is -0.365 e. The Kier molecular flexibility index (Phi) is 4.60. The van der Waals surface area contributed by atoms with Gasteiger partial charge in [-0.05, 0) is 53.2 Å². The highest BCUT2D eigenvalue weighted by Crippen LogP contribution is 2.34. The molecule has 0 fully saturated rings. The van der Waals surface area contributed by atoms with Crippen molar-refractivity contribution in [2.75, 3.05) is 18.5 Å². The van der Waals surface area contributed by atoms with Crippen LogP contribution in [0, 0.1) is 12.7 Å². The van der Waals surface area contributed by atoms with Crippen LogP contribution >= 0.6 is 27.3 Å². The second-order valence-electron chi connectivity index (χ2n) is 4.39. The first-order chi connectivity index (χ1) is 9.02. The van der Waals surface area contributed by atoms with Gasteiger partial charge in [-0.15, -0.1) is 11.3 Å². The van der Waals surface area contributed by atoms with Crippen molar-refractivity contribution in [1.29, 1.82) is 0 Å². The Morgan fingerprint density at radius 1 is 1.37 bits per heavy atom. The summed E-state index contributed by atoms with van der Waals surface area (Å²) in [5.41, 5.74) is 6.87. The lowest BCUT2D eigenvalue weighted by Crippen LogP contribution is -2.29. The molecule has 1 aromatic heterocycles. The summed E-state index contributed by atoms with van der Waals surface area (Å²) in [6.07, 6.45) is 0. The molecule has 0 saturated heterocycles. The first-order valence-electron chi connectivity index (χ1n) is 5.97. The molecule has 0 spiro atoms. The van der Waals surface area contributed by atoms with Gasteiger partial charge in [0.15, 0.2) is 0 Å². The monoisotopic (exact) mass is 342 g/mol. The highest BCUT2D eigenvalue weighted by atomic mass is 79.9. The zero-order chi connectivity index (χ0) is 14.0. The molecular weight excluding hydrogens is 327 g/mol. The van der Waals surface area contributed by atoms with Crippen molar-refractivity contribution in [3.63, 3.8) is 0 Å². The van der Waals surface area contributed by atoms with Crippen molar-refractivity contribution in [2.24, 2.45) is 5.73 Å². The average Bonchev–Trinajstić information content (AvgIpc) is 2.71. The smallest absolute Gasteiger partial charge is 0.123 e. The molecule has 102 valence electrons. The zero-order valence-corrected chi connectivity index (χ0v) is 13.3. The molecule has 19 heavy (non-hydrogen) atoms. The van der Waals surface area contributed by atoms with Gasteiger partial charge in [0.05, 0.1) is 6.04 Å². The summed E-state index contributed by atoms with van der Waals surface area (Å²) < 4.78 is 14.1. The van der Waals surface area contributed by atoms with Crippen LogP contribution < -0.4 is 10.6 Å². The molecule has 0 aliphatic rings. The van der Waals surface area contributed by atoms with Crippen LogP contribution in [0.2, 0.25) is 0 Å². The lowest BCUT2D eigenvalue weighted by molar-refractivity contribution is 0.626. The molecule has 0 aliphatic carbocycles. The third kappa shape index (κ3) is 3.16. The molecule has 2 nitrogen and oxygen atoms in total. The van der Waals surface area contributed by atoms with Gasteiger partial charge in [0.2, 0.25) is 0 Å². The van der Waals surface area contributed by atoms with Gasteiger partial charge < -0.3 is 10.6 Å². The topological polar surface area (TPSA) is 29.3 Å². The molecule has 2 rings (SSSR count). The van der Waals surface area contributed by atoms with Crippen LogP contribution in [-0.2, 0) is 0 Å². The van der Waals surface area contributed by atoms with Crippen molar-refractivity contribution in [1.82, 2.24) is 0 Å². The van der Waals surface area contributed by atoms with Crippen LogP contribution in [0.25, 0.3) is 0 Å². The maximum atomic E-state index is 13.0. The Balaban J connectivity index is 2.28. The fourth-order valence-electron chi connectivity index (χ4n) is 1.97. The molecule has 0 saturated carbocycles. The van der Waals surface area contributed by atoms with E-state index in [4.69, 9.17) is 5.73 Å². The molecule has 1 aromatic carbocycles. The van der Waals surface area contributed by atoms with E-state index in [1.165, 1.54) is 21.9 Å². The van der Waals surface area contributed by atoms with Gasteiger partial charge in [-0.25, -0.2) is 4.39 Å². The number of hydrogen-bond donors (Lipinski definition) is 1. The summed E-state index contributed by atoms with van der Waals surface area (Å²) in [7, 11) is 1.98. The molecule has 5 heteroatoms. The number of halogens is 2. The van der Waals surface area contributed by atoms with E-state index in [1.54, 1.807) is 23.5 Å². The Hall–Kier alpha value is -0.910. The van der Waals surface area contributed by atoms with Gasteiger partial charge in [-0.2, -0.15) is 0 Å². The van der Waals surface area contributed by atoms with Crippen molar-refractivity contribution in [2.45, 2.75) is 13.0 Å². The summed E-state index contributed by atoms with van der Waals surface area (Å²) in [5.74, 6) is -0.226. The third-order valence-electron chi connectivity index (χ3n) is 3.13. The van der Waals surface area contributed by atoms with Gasteiger partial charge in [0.1, 0.15) is 5.82 Å². The fourth-order valence-corrected chi connectivity index (χ4v) is 3.69. The second kappa shape index (κ2) is 6.03. The summed E-state index contributed by atoms with van der Waals surface area (Å²) in [6, 6.07) is 8.68. The quantitative estimate of drug-likeness (QED) is 0.906. The number of anilines is 1. The van der Waals surface area contributed by atoms with Crippen LogP contribution in [0.15, 0.2) is 34.8 Å². The van der Waals surface area contributed by atoms with Gasteiger partial charge in [-0.3, -0.25) is 0 Å². The number of benzene rings is 1. The highest BCUT2D eigenvalue weighted by Gasteiger charge is 2.19. The van der Waals surface area contributed by atoms with Crippen molar-refractivity contribution in [3.8, 4) is 0 Å². The van der Waals surface area contributed by atoms with E-state index in [2.05, 4.69) is 33.8 Å². The van der Waals surface area contributed by atoms with Crippen molar-refractivity contribution < 1.29 is 4.39 Å². The molecular formula is C14H16BrFN2S. The lowest BCUT2D eigenvalue weighted by atomic mass is 10.2. The maximum Gasteiger partial charge on any atom is 0.123 e. The molecule has 1 heterocycles. The van der Waals surface area contributed by atoms with E-state index in [1.807, 2.05) is 7.05 Å². The Labute approximate surface area is 125 Å². The zero-order valence-electron chi connectivity index (χ0n) is 10.9. The molecule has 1 unspecified atom stereocenters. The van der Waals surface area contributed by atoms with Gasteiger partial charge in [-0.1, -0.05) is 0 Å². The van der Waals surface area contributed by atoms with Gasteiger partial charge in [0.25, 0.3) is 0 Å². The van der Waals surface area contributed by atoms with E-state index >= 15 is 0 Å². The summed E-state index contributed by atoms with van der Waals surface area (Å²) >= 11 is 5.26. The van der Waals surface area contributed by atoms with Crippen LogP contribution in [0.4, 0.5) is 10.1 Å². The third-order valence-corrected chi connectivity index (χ3v) is 5.37. The number of thiophene rings is 1. The first kappa shape index (κ1) is 14.5. The number of nitrogens with two attached hydrogens (primary N) is 1. The van der Waals surface area contributed by atoms with Crippen LogP contribution in [0.1, 0.15) is 15.8 Å². The lowest BCUT2D eigenvalue weighted by Gasteiger charge is -2.28. The van der Waals surface area contributed by atoms with Crippen molar-refractivity contribution in [3.05, 3.63) is 50.4 Å². The average molecular weight is 343 g/mol. The molecule has 2 N–H and O–H groups in total.